The van der Waals surface area contributed by atoms with Gasteiger partial charge in [-0.3, -0.25) is 0 Å². The van der Waals surface area contributed by atoms with Gasteiger partial charge >= 0.3 is 0 Å². The summed E-state index contributed by atoms with van der Waals surface area (Å²) >= 11 is 3.43. The summed E-state index contributed by atoms with van der Waals surface area (Å²) in [4.78, 5) is 10.2. The molecule has 3 nitrogen and oxygen atoms in total. The highest BCUT2D eigenvalue weighted by Gasteiger charge is 2.11. The van der Waals surface area contributed by atoms with Gasteiger partial charge in [0.15, 0.2) is 0 Å². The Hall–Kier alpha value is -0.780. The maximum absolute atomic E-state index is 6.14. The van der Waals surface area contributed by atoms with Crippen LogP contribution in [-0.2, 0) is 12.8 Å². The van der Waals surface area contributed by atoms with Gasteiger partial charge in [-0.2, -0.15) is 0 Å². The third kappa shape index (κ3) is 3.34. The van der Waals surface area contributed by atoms with Gasteiger partial charge in [0, 0.05) is 29.1 Å². The van der Waals surface area contributed by atoms with Crippen LogP contribution in [0.5, 0.6) is 0 Å². The molecule has 5 heteroatoms. The van der Waals surface area contributed by atoms with E-state index in [1.807, 2.05) is 13.8 Å². The Labute approximate surface area is 110 Å². The van der Waals surface area contributed by atoms with Crippen molar-refractivity contribution >= 4 is 22.7 Å². The number of rotatable bonds is 4. The molecule has 0 saturated heterocycles. The molecule has 0 aliphatic rings. The van der Waals surface area contributed by atoms with Crippen LogP contribution in [0.4, 0.5) is 0 Å². The van der Waals surface area contributed by atoms with Crippen LogP contribution in [-0.4, -0.2) is 16.0 Å². The Morgan fingerprint density at radius 2 is 2.00 bits per heavy atom. The fourth-order valence-electron chi connectivity index (χ4n) is 1.69. The number of hydrogen-bond acceptors (Lipinski definition) is 5. The summed E-state index contributed by atoms with van der Waals surface area (Å²) in [6.07, 6.45) is 1.68. The molecule has 0 aliphatic carbocycles. The Bertz CT molecular complexity index is 482. The zero-order valence-electron chi connectivity index (χ0n) is 10.4. The van der Waals surface area contributed by atoms with E-state index in [0.29, 0.717) is 0 Å². The van der Waals surface area contributed by atoms with E-state index < -0.39 is 0 Å². The van der Waals surface area contributed by atoms with Crippen LogP contribution in [0.15, 0.2) is 5.38 Å². The third-order valence-corrected chi connectivity index (χ3v) is 4.57. The summed E-state index contributed by atoms with van der Waals surface area (Å²) in [6, 6.07) is 0.112. The topological polar surface area (TPSA) is 51.8 Å². The molecule has 1 unspecified atom stereocenters. The molecule has 0 aliphatic heterocycles. The molecule has 2 rings (SSSR count). The molecular weight excluding hydrogens is 250 g/mol. The lowest BCUT2D eigenvalue weighted by Gasteiger charge is -2.07. The first-order chi connectivity index (χ1) is 8.04. The van der Waals surface area contributed by atoms with E-state index in [4.69, 9.17) is 5.73 Å². The first-order valence-electron chi connectivity index (χ1n) is 5.64. The summed E-state index contributed by atoms with van der Waals surface area (Å²) in [5.74, 6) is 0. The van der Waals surface area contributed by atoms with Crippen molar-refractivity contribution < 1.29 is 0 Å². The molecule has 17 heavy (non-hydrogen) atoms. The Morgan fingerprint density at radius 3 is 2.53 bits per heavy atom. The van der Waals surface area contributed by atoms with Gasteiger partial charge in [0.25, 0.3) is 0 Å². The SMILES string of the molecule is Cc1nc(CC(N)Cc2nc(C)c(C)s2)cs1. The quantitative estimate of drug-likeness (QED) is 0.926. The van der Waals surface area contributed by atoms with Gasteiger partial charge in [-0.15, -0.1) is 22.7 Å². The van der Waals surface area contributed by atoms with E-state index in [-0.39, 0.29) is 6.04 Å². The second kappa shape index (κ2) is 5.25. The van der Waals surface area contributed by atoms with Gasteiger partial charge in [-0.05, 0) is 20.8 Å². The van der Waals surface area contributed by atoms with Crippen molar-refractivity contribution in [3.05, 3.63) is 31.7 Å². The fourth-order valence-corrected chi connectivity index (χ4v) is 3.35. The maximum atomic E-state index is 6.14. The molecule has 2 heterocycles. The zero-order chi connectivity index (χ0) is 12.4. The standard InChI is InChI=1S/C12H17N3S2/c1-7-8(2)17-12(14-7)5-10(13)4-11-6-16-9(3)15-11/h6,10H,4-5,13H2,1-3H3. The van der Waals surface area contributed by atoms with Gasteiger partial charge in [0.05, 0.1) is 21.4 Å². The number of nitrogens with two attached hydrogens (primary N) is 1. The van der Waals surface area contributed by atoms with Crippen molar-refractivity contribution in [2.45, 2.75) is 39.7 Å². The Morgan fingerprint density at radius 1 is 1.24 bits per heavy atom. The predicted octanol–water partition coefficient (Wildman–Crippen LogP) is 2.64. The van der Waals surface area contributed by atoms with E-state index in [9.17, 15) is 0 Å². The molecular formula is C12H17N3S2. The second-order valence-corrected chi connectivity index (χ2v) is 6.63. The van der Waals surface area contributed by atoms with Crippen LogP contribution >= 0.6 is 22.7 Å². The minimum atomic E-state index is 0.112. The van der Waals surface area contributed by atoms with Gasteiger partial charge in [-0.1, -0.05) is 0 Å². The van der Waals surface area contributed by atoms with Crippen LogP contribution in [0.25, 0.3) is 0 Å². The number of nitrogens with zero attached hydrogens (tertiary/aromatic N) is 2. The summed E-state index contributed by atoms with van der Waals surface area (Å²) in [7, 11) is 0. The van der Waals surface area contributed by atoms with E-state index in [1.54, 1.807) is 22.7 Å². The van der Waals surface area contributed by atoms with Crippen molar-refractivity contribution in [1.82, 2.24) is 9.97 Å². The van der Waals surface area contributed by atoms with Crippen molar-refractivity contribution in [1.29, 1.82) is 0 Å². The zero-order valence-corrected chi connectivity index (χ0v) is 12.0. The number of hydrogen-bond donors (Lipinski definition) is 1. The van der Waals surface area contributed by atoms with E-state index >= 15 is 0 Å². The summed E-state index contributed by atoms with van der Waals surface area (Å²) < 4.78 is 0. The molecule has 0 spiro atoms. The second-order valence-electron chi connectivity index (χ2n) is 4.28. The van der Waals surface area contributed by atoms with Crippen molar-refractivity contribution in [2.24, 2.45) is 5.73 Å². The number of thiazole rings is 2. The van der Waals surface area contributed by atoms with Crippen molar-refractivity contribution in [3.63, 3.8) is 0 Å². The largest absolute Gasteiger partial charge is 0.327 e. The minimum absolute atomic E-state index is 0.112. The van der Waals surface area contributed by atoms with Crippen molar-refractivity contribution in [3.8, 4) is 0 Å². The fraction of sp³-hybridized carbons (Fsp3) is 0.500. The van der Waals surface area contributed by atoms with Crippen LogP contribution in [0.1, 0.15) is 26.3 Å². The molecule has 92 valence electrons. The highest BCUT2D eigenvalue weighted by molar-refractivity contribution is 7.11. The first kappa shape index (κ1) is 12.7. The minimum Gasteiger partial charge on any atom is -0.327 e. The first-order valence-corrected chi connectivity index (χ1v) is 7.33. The Kier molecular flexibility index (Phi) is 3.91. The highest BCUT2D eigenvalue weighted by Crippen LogP contribution is 2.18. The van der Waals surface area contributed by atoms with Gasteiger partial charge in [-0.25, -0.2) is 9.97 Å². The lowest BCUT2D eigenvalue weighted by atomic mass is 10.1. The maximum Gasteiger partial charge on any atom is 0.0946 e. The van der Waals surface area contributed by atoms with Gasteiger partial charge in [0.1, 0.15) is 0 Å². The summed E-state index contributed by atoms with van der Waals surface area (Å²) in [5, 5.41) is 4.33. The monoisotopic (exact) mass is 267 g/mol. The molecule has 0 bridgehead atoms. The van der Waals surface area contributed by atoms with E-state index in [1.165, 1.54) is 4.88 Å². The molecule has 2 aromatic rings. The molecule has 2 aromatic heterocycles. The molecule has 2 N–H and O–H groups in total. The van der Waals surface area contributed by atoms with E-state index in [2.05, 4.69) is 22.3 Å². The van der Waals surface area contributed by atoms with Crippen molar-refractivity contribution in [2.75, 3.05) is 0 Å². The van der Waals surface area contributed by atoms with Crippen LogP contribution in [0, 0.1) is 20.8 Å². The summed E-state index contributed by atoms with van der Waals surface area (Å²) in [5.41, 5.74) is 8.37. The summed E-state index contributed by atoms with van der Waals surface area (Å²) in [6.45, 7) is 6.17. The van der Waals surface area contributed by atoms with Crippen LogP contribution < -0.4 is 5.73 Å². The lowest BCUT2D eigenvalue weighted by molar-refractivity contribution is 0.653. The van der Waals surface area contributed by atoms with E-state index in [0.717, 1.165) is 34.2 Å². The van der Waals surface area contributed by atoms with Crippen LogP contribution in [0.2, 0.25) is 0 Å². The molecule has 0 amide bonds. The molecule has 0 fully saturated rings. The van der Waals surface area contributed by atoms with Gasteiger partial charge in [0.2, 0.25) is 0 Å². The number of aryl methyl sites for hydroxylation is 3. The average molecular weight is 267 g/mol. The molecule has 0 saturated carbocycles. The molecule has 1 atom stereocenters. The highest BCUT2D eigenvalue weighted by atomic mass is 32.1. The molecule has 0 aromatic carbocycles. The molecule has 0 radical (unpaired) electrons. The number of aromatic nitrogens is 2. The third-order valence-electron chi connectivity index (χ3n) is 2.65. The van der Waals surface area contributed by atoms with Crippen LogP contribution in [0.3, 0.4) is 0 Å². The average Bonchev–Trinajstić information content (AvgIpc) is 2.75. The predicted molar refractivity (Wildman–Crippen MR) is 73.8 cm³/mol. The smallest absolute Gasteiger partial charge is 0.0946 e. The van der Waals surface area contributed by atoms with Gasteiger partial charge < -0.3 is 5.73 Å². The lowest BCUT2D eigenvalue weighted by Crippen LogP contribution is -2.25. The Balaban J connectivity index is 1.95. The normalized spacial score (nSPS) is 12.9.